The highest BCUT2D eigenvalue weighted by molar-refractivity contribution is 9.09. The van der Waals surface area contributed by atoms with Gasteiger partial charge in [0.25, 0.3) is 0 Å². The lowest BCUT2D eigenvalue weighted by Gasteiger charge is -2.34. The Morgan fingerprint density at radius 1 is 1.14 bits per heavy atom. The molecule has 1 saturated heterocycles. The summed E-state index contributed by atoms with van der Waals surface area (Å²) in [6.07, 6.45) is 7.24. The molecule has 3 nitrogen and oxygen atoms in total. The third-order valence-corrected chi connectivity index (χ3v) is 7.10. The summed E-state index contributed by atoms with van der Waals surface area (Å²) < 4.78 is 27.7. The van der Waals surface area contributed by atoms with Gasteiger partial charge in [0.05, 0.1) is 4.90 Å². The van der Waals surface area contributed by atoms with Gasteiger partial charge in [-0.1, -0.05) is 28.4 Å². The van der Waals surface area contributed by atoms with Crippen molar-refractivity contribution in [1.29, 1.82) is 0 Å². The molecule has 0 aromatic heterocycles. The Morgan fingerprint density at radius 3 is 2.76 bits per heavy atom. The minimum atomic E-state index is -3.34. The zero-order chi connectivity index (χ0) is 14.9. The van der Waals surface area contributed by atoms with Crippen molar-refractivity contribution in [3.05, 3.63) is 29.3 Å². The summed E-state index contributed by atoms with van der Waals surface area (Å²) in [6.45, 7) is 0.664. The molecule has 1 aromatic carbocycles. The van der Waals surface area contributed by atoms with Crippen LogP contribution in [0.5, 0.6) is 0 Å². The molecule has 21 heavy (non-hydrogen) atoms. The van der Waals surface area contributed by atoms with Crippen molar-refractivity contribution in [3.63, 3.8) is 0 Å². The number of fused-ring (bicyclic) bond motifs is 1. The molecule has 2 aliphatic rings. The van der Waals surface area contributed by atoms with Crippen LogP contribution >= 0.6 is 15.9 Å². The zero-order valence-electron chi connectivity index (χ0n) is 12.2. The smallest absolute Gasteiger partial charge is 0.207 e. The van der Waals surface area contributed by atoms with Crippen LogP contribution in [0.4, 0.5) is 0 Å². The molecule has 1 aliphatic heterocycles. The number of halogens is 1. The third kappa shape index (κ3) is 3.06. The first-order valence-corrected chi connectivity index (χ1v) is 10.4. The van der Waals surface area contributed by atoms with Gasteiger partial charge in [0.15, 0.2) is 0 Å². The lowest BCUT2D eigenvalue weighted by atomic mass is 10.0. The van der Waals surface area contributed by atoms with E-state index in [9.17, 15) is 8.42 Å². The third-order valence-electron chi connectivity index (χ3n) is 4.69. The number of sulfonamides is 1. The Labute approximate surface area is 135 Å². The highest BCUT2D eigenvalue weighted by atomic mass is 79.9. The maximum absolute atomic E-state index is 13.0. The monoisotopic (exact) mass is 371 g/mol. The number of hydrogen-bond donors (Lipinski definition) is 0. The molecule has 1 aliphatic carbocycles. The largest absolute Gasteiger partial charge is 0.243 e. The number of aryl methyl sites for hydroxylation is 2. The predicted octanol–water partition coefficient (Wildman–Crippen LogP) is 3.50. The van der Waals surface area contributed by atoms with Gasteiger partial charge in [-0.05, 0) is 61.8 Å². The van der Waals surface area contributed by atoms with Gasteiger partial charge in [-0.2, -0.15) is 4.31 Å². The van der Waals surface area contributed by atoms with E-state index in [0.717, 1.165) is 50.3 Å². The van der Waals surface area contributed by atoms with E-state index < -0.39 is 10.0 Å². The second-order valence-electron chi connectivity index (χ2n) is 6.03. The van der Waals surface area contributed by atoms with Crippen molar-refractivity contribution in [2.45, 2.75) is 55.9 Å². The summed E-state index contributed by atoms with van der Waals surface area (Å²) in [4.78, 5) is 0.490. The Hall–Kier alpha value is -0.390. The van der Waals surface area contributed by atoms with Crippen LogP contribution in [0.1, 0.15) is 43.2 Å². The van der Waals surface area contributed by atoms with E-state index in [1.54, 1.807) is 10.4 Å². The van der Waals surface area contributed by atoms with Crippen molar-refractivity contribution < 1.29 is 8.42 Å². The molecule has 0 saturated carbocycles. The Bertz CT molecular complexity index is 613. The average Bonchev–Trinajstić information content (AvgIpc) is 2.95. The molecule has 0 radical (unpaired) electrons. The second-order valence-corrected chi connectivity index (χ2v) is 8.71. The Balaban J connectivity index is 1.91. The van der Waals surface area contributed by atoms with Crippen molar-refractivity contribution >= 4 is 26.0 Å². The Morgan fingerprint density at radius 2 is 1.95 bits per heavy atom. The van der Waals surface area contributed by atoms with Gasteiger partial charge in [-0.15, -0.1) is 0 Å². The summed E-state index contributed by atoms with van der Waals surface area (Å²) in [5.41, 5.74) is 2.55. The Kier molecular flexibility index (Phi) is 4.71. The number of hydrogen-bond acceptors (Lipinski definition) is 2. The van der Waals surface area contributed by atoms with Gasteiger partial charge in [0.1, 0.15) is 0 Å². The summed E-state index contributed by atoms with van der Waals surface area (Å²) in [6, 6.07) is 5.88. The average molecular weight is 372 g/mol. The molecule has 0 amide bonds. The van der Waals surface area contributed by atoms with Crippen molar-refractivity contribution in [2.75, 3.05) is 11.9 Å². The van der Waals surface area contributed by atoms with Crippen LogP contribution in [0.15, 0.2) is 23.1 Å². The first-order chi connectivity index (χ1) is 10.1. The molecule has 116 valence electrons. The quantitative estimate of drug-likeness (QED) is 0.759. The maximum atomic E-state index is 13.0. The van der Waals surface area contributed by atoms with E-state index in [1.165, 1.54) is 11.1 Å². The highest BCUT2D eigenvalue weighted by Crippen LogP contribution is 2.30. The summed E-state index contributed by atoms with van der Waals surface area (Å²) in [5.74, 6) is 0. The minimum absolute atomic E-state index is 0.149. The van der Waals surface area contributed by atoms with Crippen LogP contribution in [-0.4, -0.2) is 30.6 Å². The van der Waals surface area contributed by atoms with Gasteiger partial charge in [-0.25, -0.2) is 8.42 Å². The molecule has 1 aromatic rings. The molecular formula is C16H22BrNO2S. The topological polar surface area (TPSA) is 37.4 Å². The number of alkyl halides is 1. The first kappa shape index (κ1) is 15.5. The van der Waals surface area contributed by atoms with Gasteiger partial charge in [0, 0.05) is 17.9 Å². The van der Waals surface area contributed by atoms with Gasteiger partial charge >= 0.3 is 0 Å². The van der Waals surface area contributed by atoms with Crippen molar-refractivity contribution in [1.82, 2.24) is 4.31 Å². The number of rotatable bonds is 4. The maximum Gasteiger partial charge on any atom is 0.243 e. The normalized spacial score (nSPS) is 23.2. The lowest BCUT2D eigenvalue weighted by Crippen LogP contribution is -2.43. The van der Waals surface area contributed by atoms with E-state index in [0.29, 0.717) is 11.4 Å². The molecule has 0 N–H and O–H groups in total. The van der Waals surface area contributed by atoms with Crippen LogP contribution in [0.3, 0.4) is 0 Å². The fourth-order valence-corrected chi connectivity index (χ4v) is 5.85. The zero-order valence-corrected chi connectivity index (χ0v) is 14.6. The molecule has 0 bridgehead atoms. The fourth-order valence-electron chi connectivity index (χ4n) is 3.55. The van der Waals surface area contributed by atoms with E-state index in [2.05, 4.69) is 15.9 Å². The van der Waals surface area contributed by atoms with Gasteiger partial charge in [-0.3, -0.25) is 0 Å². The van der Waals surface area contributed by atoms with Crippen molar-refractivity contribution in [2.24, 2.45) is 0 Å². The standard InChI is InChI=1S/C16H22BrNO2S/c17-10-9-15-6-1-2-11-18(15)21(19,20)16-8-7-13-4-3-5-14(13)12-16/h7-8,12,15H,1-6,9-11H2. The van der Waals surface area contributed by atoms with Gasteiger partial charge in [0.2, 0.25) is 10.0 Å². The molecule has 1 unspecified atom stereocenters. The van der Waals surface area contributed by atoms with E-state index >= 15 is 0 Å². The first-order valence-electron chi connectivity index (χ1n) is 7.82. The SMILES string of the molecule is O=S(=O)(c1ccc2c(c1)CCC2)N1CCCCC1CCBr. The number of piperidine rings is 1. The number of benzene rings is 1. The summed E-state index contributed by atoms with van der Waals surface area (Å²) >= 11 is 3.45. The lowest BCUT2D eigenvalue weighted by molar-refractivity contribution is 0.248. The van der Waals surface area contributed by atoms with Crippen molar-refractivity contribution in [3.8, 4) is 0 Å². The molecule has 1 heterocycles. The summed E-state index contributed by atoms with van der Waals surface area (Å²) in [7, 11) is -3.34. The fraction of sp³-hybridized carbons (Fsp3) is 0.625. The van der Waals surface area contributed by atoms with Crippen LogP contribution in [0.2, 0.25) is 0 Å². The minimum Gasteiger partial charge on any atom is -0.207 e. The van der Waals surface area contributed by atoms with Gasteiger partial charge < -0.3 is 0 Å². The summed E-state index contributed by atoms with van der Waals surface area (Å²) in [5, 5.41) is 0.855. The van der Waals surface area contributed by atoms with Crippen LogP contribution in [0.25, 0.3) is 0 Å². The highest BCUT2D eigenvalue weighted by Gasteiger charge is 2.33. The van der Waals surface area contributed by atoms with Crippen LogP contribution in [0, 0.1) is 0 Å². The van der Waals surface area contributed by atoms with E-state index in [1.807, 2.05) is 12.1 Å². The van der Waals surface area contributed by atoms with E-state index in [-0.39, 0.29) is 6.04 Å². The predicted molar refractivity (Wildman–Crippen MR) is 88.4 cm³/mol. The molecule has 5 heteroatoms. The molecule has 0 spiro atoms. The van der Waals surface area contributed by atoms with E-state index in [4.69, 9.17) is 0 Å². The molecule has 1 atom stereocenters. The molecule has 1 fully saturated rings. The number of nitrogens with zero attached hydrogens (tertiary/aromatic N) is 1. The van der Waals surface area contributed by atoms with Crippen LogP contribution in [-0.2, 0) is 22.9 Å². The second kappa shape index (κ2) is 6.39. The molecule has 3 rings (SSSR count). The molecular weight excluding hydrogens is 350 g/mol. The van der Waals surface area contributed by atoms with Crippen LogP contribution < -0.4 is 0 Å².